The maximum absolute atomic E-state index is 13.0. The normalized spacial score (nSPS) is 11.1. The smallest absolute Gasteiger partial charge is 0.261 e. The molecular formula is C22H22N6O2S. The number of amides is 1. The van der Waals surface area contributed by atoms with Gasteiger partial charge in [-0.25, -0.2) is 4.98 Å². The van der Waals surface area contributed by atoms with E-state index in [0.29, 0.717) is 34.3 Å². The van der Waals surface area contributed by atoms with Crippen molar-refractivity contribution in [2.75, 3.05) is 11.1 Å². The van der Waals surface area contributed by atoms with Crippen LogP contribution in [-0.4, -0.2) is 35.8 Å². The molecule has 1 N–H and O–H groups in total. The number of aromatic nitrogens is 5. The summed E-state index contributed by atoms with van der Waals surface area (Å²) in [5.74, 6) is 0.726. The lowest BCUT2D eigenvalue weighted by Crippen LogP contribution is -2.22. The molecule has 0 fully saturated rings. The van der Waals surface area contributed by atoms with Crippen LogP contribution in [0.4, 0.5) is 5.69 Å². The van der Waals surface area contributed by atoms with Crippen molar-refractivity contribution in [1.82, 2.24) is 24.1 Å². The quantitative estimate of drug-likeness (QED) is 0.469. The second kappa shape index (κ2) is 8.73. The molecule has 0 aliphatic carbocycles. The molecule has 0 saturated carbocycles. The lowest BCUT2D eigenvalue weighted by atomic mass is 10.1. The highest BCUT2D eigenvalue weighted by Gasteiger charge is 2.16. The topological polar surface area (TPSA) is 94.2 Å². The van der Waals surface area contributed by atoms with E-state index >= 15 is 0 Å². The van der Waals surface area contributed by atoms with Gasteiger partial charge in [-0.1, -0.05) is 36.0 Å². The molecule has 158 valence electrons. The van der Waals surface area contributed by atoms with Gasteiger partial charge in [0.2, 0.25) is 5.91 Å². The average molecular weight is 435 g/mol. The third-order valence-electron chi connectivity index (χ3n) is 4.92. The first kappa shape index (κ1) is 20.8. The molecule has 9 heteroatoms. The Hall–Kier alpha value is -3.46. The summed E-state index contributed by atoms with van der Waals surface area (Å²) in [6.45, 7) is 3.77. The Labute approximate surface area is 183 Å². The van der Waals surface area contributed by atoms with E-state index in [-0.39, 0.29) is 17.2 Å². The molecule has 4 aromatic rings. The molecule has 0 unspecified atom stereocenters. The van der Waals surface area contributed by atoms with Crippen LogP contribution in [0.25, 0.3) is 5.65 Å². The number of rotatable bonds is 6. The Bertz CT molecular complexity index is 1310. The molecule has 3 aromatic heterocycles. The molecule has 0 spiro atoms. The highest BCUT2D eigenvalue weighted by atomic mass is 32.2. The van der Waals surface area contributed by atoms with Crippen molar-refractivity contribution in [2.45, 2.75) is 25.4 Å². The number of pyridine rings is 1. The van der Waals surface area contributed by atoms with Crippen molar-refractivity contribution < 1.29 is 4.79 Å². The van der Waals surface area contributed by atoms with Crippen LogP contribution in [0.1, 0.15) is 22.6 Å². The number of nitrogens with zero attached hydrogens (tertiary/aromatic N) is 5. The van der Waals surface area contributed by atoms with Crippen LogP contribution in [0.2, 0.25) is 0 Å². The van der Waals surface area contributed by atoms with Crippen molar-refractivity contribution in [1.29, 1.82) is 0 Å². The number of fused-ring (bicyclic) bond motifs is 1. The van der Waals surface area contributed by atoms with Crippen LogP contribution in [0.5, 0.6) is 0 Å². The minimum absolute atomic E-state index is 0.106. The van der Waals surface area contributed by atoms with Gasteiger partial charge in [0.1, 0.15) is 11.5 Å². The number of nitrogens with one attached hydrogen (secondary N) is 1. The van der Waals surface area contributed by atoms with Gasteiger partial charge in [0.25, 0.3) is 5.56 Å². The second-order valence-electron chi connectivity index (χ2n) is 7.25. The van der Waals surface area contributed by atoms with Gasteiger partial charge in [0.15, 0.2) is 5.16 Å². The van der Waals surface area contributed by atoms with E-state index in [1.807, 2.05) is 67.9 Å². The molecule has 3 heterocycles. The zero-order valence-electron chi connectivity index (χ0n) is 17.5. The third kappa shape index (κ3) is 4.51. The van der Waals surface area contributed by atoms with Crippen molar-refractivity contribution in [3.8, 4) is 0 Å². The predicted octanol–water partition coefficient (Wildman–Crippen LogP) is 2.76. The van der Waals surface area contributed by atoms with Crippen molar-refractivity contribution >= 4 is 29.0 Å². The fraction of sp³-hybridized carbons (Fsp3) is 0.227. The molecule has 0 radical (unpaired) electrons. The van der Waals surface area contributed by atoms with Gasteiger partial charge < -0.3 is 9.88 Å². The fourth-order valence-electron chi connectivity index (χ4n) is 3.23. The Balaban J connectivity index is 1.50. The van der Waals surface area contributed by atoms with Crippen LogP contribution in [-0.2, 0) is 18.3 Å². The molecule has 0 aliphatic rings. The van der Waals surface area contributed by atoms with Crippen LogP contribution >= 0.6 is 11.8 Å². The second-order valence-corrected chi connectivity index (χ2v) is 8.20. The number of carbonyl (C=O) groups excluding carboxylic acids is 1. The SMILES string of the molecule is Cc1ccc2nc(C)c(Cc3nnc(SCC(=O)Nc4ccccc4)n3C)c(=O)n2c1. The maximum atomic E-state index is 13.0. The number of anilines is 1. The van der Waals surface area contributed by atoms with Gasteiger partial charge in [-0.3, -0.25) is 14.0 Å². The number of thioether (sulfide) groups is 1. The van der Waals surface area contributed by atoms with E-state index in [1.165, 1.54) is 11.8 Å². The Morgan fingerprint density at radius 2 is 1.87 bits per heavy atom. The highest BCUT2D eigenvalue weighted by molar-refractivity contribution is 7.99. The number of aryl methyl sites for hydroxylation is 2. The van der Waals surface area contributed by atoms with Gasteiger partial charge >= 0.3 is 0 Å². The van der Waals surface area contributed by atoms with Crippen molar-refractivity contribution in [3.63, 3.8) is 0 Å². The Morgan fingerprint density at radius 3 is 2.65 bits per heavy atom. The molecule has 0 atom stereocenters. The summed E-state index contributed by atoms with van der Waals surface area (Å²) in [5.41, 5.74) is 3.51. The Morgan fingerprint density at radius 1 is 1.10 bits per heavy atom. The monoisotopic (exact) mass is 434 g/mol. The molecular weight excluding hydrogens is 412 g/mol. The Kier molecular flexibility index (Phi) is 5.85. The average Bonchev–Trinajstić information content (AvgIpc) is 3.10. The summed E-state index contributed by atoms with van der Waals surface area (Å²) in [7, 11) is 1.83. The van der Waals surface area contributed by atoms with Gasteiger partial charge in [0.05, 0.1) is 5.75 Å². The molecule has 31 heavy (non-hydrogen) atoms. The predicted molar refractivity (Wildman–Crippen MR) is 121 cm³/mol. The number of para-hydroxylation sites is 1. The van der Waals surface area contributed by atoms with Gasteiger partial charge in [0, 0.05) is 36.6 Å². The standard InChI is InChI=1S/C22H22N6O2S/c1-14-9-10-18-23-15(2)17(21(30)28(18)12-14)11-19-25-26-22(27(19)3)31-13-20(29)24-16-7-5-4-6-8-16/h4-10,12H,11,13H2,1-3H3,(H,24,29). The van der Waals surface area contributed by atoms with E-state index in [1.54, 1.807) is 10.6 Å². The first-order valence-corrected chi connectivity index (χ1v) is 10.8. The van der Waals surface area contributed by atoms with Crippen molar-refractivity contribution in [2.24, 2.45) is 7.05 Å². The van der Waals surface area contributed by atoms with Crippen LogP contribution < -0.4 is 10.9 Å². The zero-order chi connectivity index (χ0) is 22.0. The summed E-state index contributed by atoms with van der Waals surface area (Å²) >= 11 is 1.30. The van der Waals surface area contributed by atoms with Crippen molar-refractivity contribution in [3.05, 3.63) is 81.7 Å². The zero-order valence-corrected chi connectivity index (χ0v) is 18.3. The lowest BCUT2D eigenvalue weighted by Gasteiger charge is -2.09. The fourth-order valence-corrected chi connectivity index (χ4v) is 3.96. The molecule has 4 rings (SSSR count). The van der Waals surface area contributed by atoms with Crippen LogP contribution in [0.15, 0.2) is 58.6 Å². The van der Waals surface area contributed by atoms with E-state index in [2.05, 4.69) is 20.5 Å². The largest absolute Gasteiger partial charge is 0.325 e. The molecule has 1 amide bonds. The molecule has 0 saturated heterocycles. The van der Waals surface area contributed by atoms with Crippen LogP contribution in [0.3, 0.4) is 0 Å². The number of hydrogen-bond donors (Lipinski definition) is 1. The summed E-state index contributed by atoms with van der Waals surface area (Å²) < 4.78 is 3.38. The summed E-state index contributed by atoms with van der Waals surface area (Å²) in [4.78, 5) is 29.8. The first-order chi connectivity index (χ1) is 14.9. The van der Waals surface area contributed by atoms with Gasteiger partial charge in [-0.05, 0) is 37.6 Å². The summed E-state index contributed by atoms with van der Waals surface area (Å²) in [6.07, 6.45) is 2.10. The minimum Gasteiger partial charge on any atom is -0.325 e. The maximum Gasteiger partial charge on any atom is 0.261 e. The van der Waals surface area contributed by atoms with E-state index in [4.69, 9.17) is 0 Å². The van der Waals surface area contributed by atoms with Gasteiger partial charge in [-0.15, -0.1) is 10.2 Å². The number of carbonyl (C=O) groups is 1. The highest BCUT2D eigenvalue weighted by Crippen LogP contribution is 2.18. The minimum atomic E-state index is -0.121. The first-order valence-electron chi connectivity index (χ1n) is 9.77. The number of hydrogen-bond acceptors (Lipinski definition) is 6. The van der Waals surface area contributed by atoms with E-state index in [0.717, 1.165) is 11.3 Å². The molecule has 1 aromatic carbocycles. The number of benzene rings is 1. The summed E-state index contributed by atoms with van der Waals surface area (Å²) in [6, 6.07) is 13.1. The lowest BCUT2D eigenvalue weighted by molar-refractivity contribution is -0.113. The van der Waals surface area contributed by atoms with E-state index in [9.17, 15) is 9.59 Å². The molecule has 8 nitrogen and oxygen atoms in total. The molecule has 0 bridgehead atoms. The third-order valence-corrected chi connectivity index (χ3v) is 5.94. The summed E-state index contributed by atoms with van der Waals surface area (Å²) in [5, 5.41) is 11.9. The van der Waals surface area contributed by atoms with Gasteiger partial charge in [-0.2, -0.15) is 0 Å². The molecule has 0 aliphatic heterocycles. The van der Waals surface area contributed by atoms with Crippen LogP contribution in [0, 0.1) is 13.8 Å². The van der Waals surface area contributed by atoms with E-state index < -0.39 is 0 Å².